The molecule has 1 fully saturated rings. The van der Waals surface area contributed by atoms with Gasteiger partial charge in [-0.05, 0) is 30.4 Å². The number of nitrogens with zero attached hydrogens (tertiary/aromatic N) is 1. The van der Waals surface area contributed by atoms with Gasteiger partial charge in [-0.3, -0.25) is 10.1 Å². The Kier molecular flexibility index (Phi) is 4.59. The monoisotopic (exact) mass is 260 g/mol. The number of hydrogen-bond acceptors (Lipinski definition) is 2. The third-order valence-electron chi connectivity index (χ3n) is 4.03. The van der Waals surface area contributed by atoms with E-state index in [1.54, 1.807) is 0 Å². The maximum atomic E-state index is 12.0. The van der Waals surface area contributed by atoms with Crippen molar-refractivity contribution >= 4 is 5.91 Å². The number of aryl methyl sites for hydroxylation is 1. The van der Waals surface area contributed by atoms with E-state index in [-0.39, 0.29) is 18.0 Å². The van der Waals surface area contributed by atoms with Gasteiger partial charge in [0.2, 0.25) is 5.91 Å². The predicted molar refractivity (Wildman–Crippen MR) is 78.0 cm³/mol. The highest BCUT2D eigenvalue weighted by atomic mass is 16.2. The minimum Gasteiger partial charge on any atom is -0.344 e. The molecule has 1 heterocycles. The summed E-state index contributed by atoms with van der Waals surface area (Å²) in [6.07, 6.45) is 2.98. The van der Waals surface area contributed by atoms with E-state index in [2.05, 4.69) is 43.4 Å². The van der Waals surface area contributed by atoms with E-state index in [0.717, 1.165) is 25.8 Å². The molecule has 104 valence electrons. The molecular weight excluding hydrogens is 236 g/mol. The molecule has 1 N–H and O–H groups in total. The number of benzene rings is 1. The second-order valence-electron chi connectivity index (χ2n) is 5.32. The first-order chi connectivity index (χ1) is 9.15. The van der Waals surface area contributed by atoms with E-state index in [1.165, 1.54) is 11.1 Å². The molecule has 19 heavy (non-hydrogen) atoms. The first-order valence-electron chi connectivity index (χ1n) is 7.25. The normalized spacial score (nSPS) is 20.9. The smallest absolute Gasteiger partial charge is 0.239 e. The summed E-state index contributed by atoms with van der Waals surface area (Å²) < 4.78 is 0. The van der Waals surface area contributed by atoms with Gasteiger partial charge in [-0.15, -0.1) is 0 Å². The molecule has 0 spiro atoms. The number of likely N-dealkylation sites (N-methyl/N-ethyl adjacent to an activating group) is 1. The highest BCUT2D eigenvalue weighted by molar-refractivity contribution is 5.83. The van der Waals surface area contributed by atoms with Gasteiger partial charge < -0.3 is 4.90 Å². The molecule has 0 radical (unpaired) electrons. The average Bonchev–Trinajstić information content (AvgIpc) is 2.76. The van der Waals surface area contributed by atoms with Gasteiger partial charge >= 0.3 is 0 Å². The number of likely N-dealkylation sites (tertiary alicyclic amines) is 1. The standard InChI is InChI=1S/C16H24N2O/c1-4-12-6-8-13(9-7-12)14(5-2)17-15-10-11-18(3)16(15)19/h6-9,14-15,17H,4-5,10-11H2,1-3H3. The fourth-order valence-corrected chi connectivity index (χ4v) is 2.66. The van der Waals surface area contributed by atoms with E-state index in [9.17, 15) is 4.79 Å². The Morgan fingerprint density at radius 2 is 2.00 bits per heavy atom. The summed E-state index contributed by atoms with van der Waals surface area (Å²) in [6.45, 7) is 5.19. The largest absolute Gasteiger partial charge is 0.344 e. The van der Waals surface area contributed by atoms with Crippen molar-refractivity contribution in [2.75, 3.05) is 13.6 Å². The van der Waals surface area contributed by atoms with E-state index in [1.807, 2.05) is 11.9 Å². The summed E-state index contributed by atoms with van der Waals surface area (Å²) >= 11 is 0. The molecule has 3 nitrogen and oxygen atoms in total. The van der Waals surface area contributed by atoms with E-state index >= 15 is 0 Å². The van der Waals surface area contributed by atoms with E-state index in [4.69, 9.17) is 0 Å². The van der Waals surface area contributed by atoms with Crippen LogP contribution in [0.25, 0.3) is 0 Å². The van der Waals surface area contributed by atoms with Crippen LogP contribution in [0.2, 0.25) is 0 Å². The molecule has 1 aliphatic rings. The van der Waals surface area contributed by atoms with E-state index < -0.39 is 0 Å². The zero-order valence-electron chi connectivity index (χ0n) is 12.1. The number of carbonyl (C=O) groups excluding carboxylic acids is 1. The third-order valence-corrected chi connectivity index (χ3v) is 4.03. The zero-order chi connectivity index (χ0) is 13.8. The summed E-state index contributed by atoms with van der Waals surface area (Å²) in [5.41, 5.74) is 2.64. The van der Waals surface area contributed by atoms with Gasteiger partial charge in [0.05, 0.1) is 6.04 Å². The Balaban J connectivity index is 2.05. The van der Waals surface area contributed by atoms with Crippen LogP contribution in [0, 0.1) is 0 Å². The molecule has 1 aliphatic heterocycles. The van der Waals surface area contributed by atoms with Crippen molar-refractivity contribution in [3.63, 3.8) is 0 Å². The van der Waals surface area contributed by atoms with Crippen LogP contribution >= 0.6 is 0 Å². The maximum Gasteiger partial charge on any atom is 0.239 e. The molecule has 0 aliphatic carbocycles. The quantitative estimate of drug-likeness (QED) is 0.882. The lowest BCUT2D eigenvalue weighted by molar-refractivity contribution is -0.128. The molecule has 2 atom stereocenters. The third kappa shape index (κ3) is 3.16. The van der Waals surface area contributed by atoms with Gasteiger partial charge in [-0.1, -0.05) is 38.1 Å². The fraction of sp³-hybridized carbons (Fsp3) is 0.562. The van der Waals surface area contributed by atoms with Crippen molar-refractivity contribution in [2.24, 2.45) is 0 Å². The minimum absolute atomic E-state index is 0.0131. The van der Waals surface area contributed by atoms with Gasteiger partial charge in [-0.2, -0.15) is 0 Å². The van der Waals surface area contributed by atoms with Crippen LogP contribution in [0.3, 0.4) is 0 Å². The van der Waals surface area contributed by atoms with Gasteiger partial charge in [0.1, 0.15) is 0 Å². The molecule has 1 aromatic carbocycles. The summed E-state index contributed by atoms with van der Waals surface area (Å²) in [6, 6.07) is 8.99. The minimum atomic E-state index is -0.0131. The van der Waals surface area contributed by atoms with Crippen molar-refractivity contribution in [3.05, 3.63) is 35.4 Å². The molecular formula is C16H24N2O. The van der Waals surface area contributed by atoms with Gasteiger partial charge in [0, 0.05) is 19.6 Å². The van der Waals surface area contributed by atoms with Gasteiger partial charge in [0.15, 0.2) is 0 Å². The molecule has 3 heteroatoms. The number of amides is 1. The Hall–Kier alpha value is -1.35. The lowest BCUT2D eigenvalue weighted by atomic mass is 10.0. The second-order valence-corrected chi connectivity index (χ2v) is 5.32. The van der Waals surface area contributed by atoms with Gasteiger partial charge in [-0.25, -0.2) is 0 Å². The molecule has 0 bridgehead atoms. The first-order valence-corrected chi connectivity index (χ1v) is 7.25. The van der Waals surface area contributed by atoms with Crippen LogP contribution in [-0.2, 0) is 11.2 Å². The van der Waals surface area contributed by atoms with Crippen molar-refractivity contribution in [1.82, 2.24) is 10.2 Å². The highest BCUT2D eigenvalue weighted by Gasteiger charge is 2.30. The van der Waals surface area contributed by atoms with Crippen molar-refractivity contribution in [2.45, 2.75) is 45.2 Å². The fourth-order valence-electron chi connectivity index (χ4n) is 2.66. The van der Waals surface area contributed by atoms with Crippen LogP contribution in [-0.4, -0.2) is 30.4 Å². The summed E-state index contributed by atoms with van der Waals surface area (Å²) in [7, 11) is 1.88. The van der Waals surface area contributed by atoms with Crippen molar-refractivity contribution < 1.29 is 4.79 Å². The highest BCUT2D eigenvalue weighted by Crippen LogP contribution is 2.21. The maximum absolute atomic E-state index is 12.0. The Bertz CT molecular complexity index is 427. The second kappa shape index (κ2) is 6.20. The zero-order valence-corrected chi connectivity index (χ0v) is 12.1. The van der Waals surface area contributed by atoms with E-state index in [0.29, 0.717) is 0 Å². The Labute approximate surface area is 116 Å². The van der Waals surface area contributed by atoms with Crippen LogP contribution in [0.5, 0.6) is 0 Å². The lowest BCUT2D eigenvalue weighted by Gasteiger charge is -2.21. The molecule has 2 rings (SSSR count). The summed E-state index contributed by atoms with van der Waals surface area (Å²) in [5.74, 6) is 0.226. The predicted octanol–water partition coefficient (Wildman–Crippen LogP) is 2.52. The van der Waals surface area contributed by atoms with Crippen LogP contribution in [0.1, 0.15) is 43.9 Å². The number of rotatable bonds is 5. The Morgan fingerprint density at radius 3 is 2.47 bits per heavy atom. The topological polar surface area (TPSA) is 32.3 Å². The molecule has 0 saturated carbocycles. The van der Waals surface area contributed by atoms with Gasteiger partial charge in [0.25, 0.3) is 0 Å². The van der Waals surface area contributed by atoms with Crippen LogP contribution in [0.4, 0.5) is 0 Å². The summed E-state index contributed by atoms with van der Waals surface area (Å²) in [4.78, 5) is 13.8. The SMILES string of the molecule is CCc1ccc(C(CC)NC2CCN(C)C2=O)cc1. The number of hydrogen-bond donors (Lipinski definition) is 1. The number of carbonyl (C=O) groups is 1. The average molecular weight is 260 g/mol. The lowest BCUT2D eigenvalue weighted by Crippen LogP contribution is -2.39. The number of nitrogens with one attached hydrogen (secondary N) is 1. The van der Waals surface area contributed by atoms with Crippen molar-refractivity contribution in [3.8, 4) is 0 Å². The first kappa shape index (κ1) is 14.1. The molecule has 1 saturated heterocycles. The van der Waals surface area contributed by atoms with Crippen molar-refractivity contribution in [1.29, 1.82) is 0 Å². The Morgan fingerprint density at radius 1 is 1.32 bits per heavy atom. The molecule has 1 amide bonds. The van der Waals surface area contributed by atoms with Crippen LogP contribution in [0.15, 0.2) is 24.3 Å². The molecule has 2 unspecified atom stereocenters. The van der Waals surface area contributed by atoms with Crippen LogP contribution < -0.4 is 5.32 Å². The molecule has 1 aromatic rings. The summed E-state index contributed by atoms with van der Waals surface area (Å²) in [5, 5.41) is 3.51. The molecule has 0 aromatic heterocycles.